The molecule has 0 spiro atoms. The topological polar surface area (TPSA) is 55.0 Å². The van der Waals surface area contributed by atoms with E-state index in [-0.39, 0.29) is 0 Å². The van der Waals surface area contributed by atoms with E-state index < -0.39 is 0 Å². The predicted molar refractivity (Wildman–Crippen MR) is 78.6 cm³/mol. The molecule has 0 aliphatic heterocycles. The Morgan fingerprint density at radius 2 is 1.79 bits per heavy atom. The molecule has 0 bridgehead atoms. The average molecular weight is 256 g/mol. The van der Waals surface area contributed by atoms with Crippen LogP contribution in [0.25, 0.3) is 0 Å². The van der Waals surface area contributed by atoms with Gasteiger partial charge in [-0.2, -0.15) is 5.10 Å². The zero-order valence-electron chi connectivity index (χ0n) is 11.9. The highest BCUT2D eigenvalue weighted by molar-refractivity contribution is 5.66. The van der Waals surface area contributed by atoms with Crippen molar-refractivity contribution in [3.05, 3.63) is 46.6 Å². The summed E-state index contributed by atoms with van der Waals surface area (Å²) in [4.78, 5) is 2.05. The standard InChI is InChI=1S/C15H20N4/c1-10-7-5-6-8-14(10)19(4)15-13(9-16)11(2)12(3)17-18-15/h5-8H,9,16H2,1-4H3. The van der Waals surface area contributed by atoms with E-state index in [0.717, 1.165) is 28.3 Å². The molecule has 0 aliphatic rings. The van der Waals surface area contributed by atoms with E-state index in [1.807, 2.05) is 33.0 Å². The van der Waals surface area contributed by atoms with Crippen LogP contribution < -0.4 is 10.6 Å². The summed E-state index contributed by atoms with van der Waals surface area (Å²) in [5.41, 5.74) is 11.3. The first-order valence-electron chi connectivity index (χ1n) is 6.38. The van der Waals surface area contributed by atoms with Gasteiger partial charge < -0.3 is 10.6 Å². The second-order valence-corrected chi connectivity index (χ2v) is 4.76. The van der Waals surface area contributed by atoms with Gasteiger partial charge in [0.2, 0.25) is 0 Å². The third-order valence-electron chi connectivity index (χ3n) is 3.56. The number of aromatic nitrogens is 2. The molecular weight excluding hydrogens is 236 g/mol. The zero-order chi connectivity index (χ0) is 14.0. The largest absolute Gasteiger partial charge is 0.327 e. The van der Waals surface area contributed by atoms with E-state index >= 15 is 0 Å². The first kappa shape index (κ1) is 13.5. The maximum atomic E-state index is 5.88. The fourth-order valence-corrected chi connectivity index (χ4v) is 2.21. The lowest BCUT2D eigenvalue weighted by molar-refractivity contribution is 0.887. The lowest BCUT2D eigenvalue weighted by Gasteiger charge is -2.23. The summed E-state index contributed by atoms with van der Waals surface area (Å²) < 4.78 is 0. The molecule has 2 aromatic rings. The molecule has 0 saturated carbocycles. The Labute approximate surface area is 114 Å². The fourth-order valence-electron chi connectivity index (χ4n) is 2.21. The maximum absolute atomic E-state index is 5.88. The number of hydrogen-bond acceptors (Lipinski definition) is 4. The van der Waals surface area contributed by atoms with E-state index in [4.69, 9.17) is 5.73 Å². The number of rotatable bonds is 3. The molecular formula is C15H20N4. The summed E-state index contributed by atoms with van der Waals surface area (Å²) in [6.45, 7) is 6.55. The van der Waals surface area contributed by atoms with Crippen molar-refractivity contribution in [1.29, 1.82) is 0 Å². The molecule has 2 rings (SSSR count). The number of anilines is 2. The summed E-state index contributed by atoms with van der Waals surface area (Å²) >= 11 is 0. The molecule has 100 valence electrons. The van der Waals surface area contributed by atoms with Crippen LogP contribution in [0.5, 0.6) is 0 Å². The predicted octanol–water partition coefficient (Wildman–Crippen LogP) is 2.63. The third-order valence-corrected chi connectivity index (χ3v) is 3.56. The lowest BCUT2D eigenvalue weighted by atomic mass is 10.1. The van der Waals surface area contributed by atoms with Gasteiger partial charge in [-0.05, 0) is 38.0 Å². The van der Waals surface area contributed by atoms with Gasteiger partial charge in [0, 0.05) is 24.8 Å². The van der Waals surface area contributed by atoms with Gasteiger partial charge in [-0.3, -0.25) is 0 Å². The van der Waals surface area contributed by atoms with Crippen molar-refractivity contribution in [2.24, 2.45) is 5.73 Å². The molecule has 1 aromatic carbocycles. The summed E-state index contributed by atoms with van der Waals surface area (Å²) in [6.07, 6.45) is 0. The first-order chi connectivity index (χ1) is 9.06. The van der Waals surface area contributed by atoms with E-state index in [0.29, 0.717) is 6.54 Å². The van der Waals surface area contributed by atoms with Crippen LogP contribution in [0.2, 0.25) is 0 Å². The number of nitrogens with zero attached hydrogens (tertiary/aromatic N) is 3. The smallest absolute Gasteiger partial charge is 0.160 e. The summed E-state index contributed by atoms with van der Waals surface area (Å²) in [6, 6.07) is 8.22. The molecule has 0 fully saturated rings. The number of nitrogens with two attached hydrogens (primary N) is 1. The van der Waals surface area contributed by atoms with Crippen LogP contribution in [0.4, 0.5) is 11.5 Å². The molecule has 4 heteroatoms. The molecule has 0 atom stereocenters. The minimum absolute atomic E-state index is 0.466. The van der Waals surface area contributed by atoms with Gasteiger partial charge in [-0.1, -0.05) is 18.2 Å². The van der Waals surface area contributed by atoms with Crippen LogP contribution in [-0.2, 0) is 6.54 Å². The average Bonchev–Trinajstić information content (AvgIpc) is 2.41. The van der Waals surface area contributed by atoms with Gasteiger partial charge in [-0.15, -0.1) is 5.10 Å². The van der Waals surface area contributed by atoms with Gasteiger partial charge >= 0.3 is 0 Å². The van der Waals surface area contributed by atoms with Gasteiger partial charge in [-0.25, -0.2) is 0 Å². The molecule has 1 aromatic heterocycles. The highest BCUT2D eigenvalue weighted by atomic mass is 15.3. The van der Waals surface area contributed by atoms with E-state index in [9.17, 15) is 0 Å². The minimum Gasteiger partial charge on any atom is -0.327 e. The third kappa shape index (κ3) is 2.44. The fraction of sp³-hybridized carbons (Fsp3) is 0.333. The van der Waals surface area contributed by atoms with Crippen LogP contribution >= 0.6 is 0 Å². The Kier molecular flexibility index (Phi) is 3.81. The Balaban J connectivity index is 2.53. The van der Waals surface area contributed by atoms with Crippen LogP contribution in [0, 0.1) is 20.8 Å². The van der Waals surface area contributed by atoms with Crippen molar-refractivity contribution in [3.63, 3.8) is 0 Å². The van der Waals surface area contributed by atoms with Crippen molar-refractivity contribution >= 4 is 11.5 Å². The Morgan fingerprint density at radius 3 is 2.42 bits per heavy atom. The van der Waals surface area contributed by atoms with Gasteiger partial charge in [0.25, 0.3) is 0 Å². The van der Waals surface area contributed by atoms with Crippen molar-refractivity contribution < 1.29 is 0 Å². The number of hydrogen-bond donors (Lipinski definition) is 1. The van der Waals surface area contributed by atoms with Crippen LogP contribution in [0.15, 0.2) is 24.3 Å². The Bertz CT molecular complexity index is 593. The number of aryl methyl sites for hydroxylation is 2. The monoisotopic (exact) mass is 256 g/mol. The summed E-state index contributed by atoms with van der Waals surface area (Å²) in [7, 11) is 2.00. The molecule has 0 unspecified atom stereocenters. The summed E-state index contributed by atoms with van der Waals surface area (Å²) in [5, 5.41) is 8.54. The lowest BCUT2D eigenvalue weighted by Crippen LogP contribution is -2.18. The van der Waals surface area contributed by atoms with Crippen molar-refractivity contribution in [2.45, 2.75) is 27.3 Å². The zero-order valence-corrected chi connectivity index (χ0v) is 11.9. The summed E-state index contributed by atoms with van der Waals surface area (Å²) in [5.74, 6) is 0.833. The van der Waals surface area contributed by atoms with Crippen LogP contribution in [0.1, 0.15) is 22.4 Å². The Morgan fingerprint density at radius 1 is 1.11 bits per heavy atom. The highest BCUT2D eigenvalue weighted by Crippen LogP contribution is 2.29. The number of benzene rings is 1. The quantitative estimate of drug-likeness (QED) is 0.917. The SMILES string of the molecule is Cc1ccccc1N(C)c1nnc(C)c(C)c1CN. The highest BCUT2D eigenvalue weighted by Gasteiger charge is 2.15. The van der Waals surface area contributed by atoms with E-state index in [1.54, 1.807) is 0 Å². The van der Waals surface area contributed by atoms with Crippen molar-refractivity contribution in [1.82, 2.24) is 10.2 Å². The molecule has 19 heavy (non-hydrogen) atoms. The second-order valence-electron chi connectivity index (χ2n) is 4.76. The minimum atomic E-state index is 0.466. The molecule has 0 aliphatic carbocycles. The molecule has 0 radical (unpaired) electrons. The molecule has 0 amide bonds. The maximum Gasteiger partial charge on any atom is 0.160 e. The second kappa shape index (κ2) is 5.36. The molecule has 2 N–H and O–H groups in total. The van der Waals surface area contributed by atoms with E-state index in [2.05, 4.69) is 34.2 Å². The van der Waals surface area contributed by atoms with Crippen molar-refractivity contribution in [3.8, 4) is 0 Å². The number of para-hydroxylation sites is 1. The van der Waals surface area contributed by atoms with Crippen molar-refractivity contribution in [2.75, 3.05) is 11.9 Å². The van der Waals surface area contributed by atoms with Gasteiger partial charge in [0.05, 0.1) is 5.69 Å². The van der Waals surface area contributed by atoms with E-state index in [1.165, 1.54) is 5.56 Å². The Hall–Kier alpha value is -1.94. The molecule has 0 saturated heterocycles. The van der Waals surface area contributed by atoms with Crippen LogP contribution in [0.3, 0.4) is 0 Å². The van der Waals surface area contributed by atoms with Crippen LogP contribution in [-0.4, -0.2) is 17.2 Å². The normalized spacial score (nSPS) is 10.6. The first-order valence-corrected chi connectivity index (χ1v) is 6.38. The van der Waals surface area contributed by atoms with Gasteiger partial charge in [0.1, 0.15) is 0 Å². The molecule has 4 nitrogen and oxygen atoms in total. The van der Waals surface area contributed by atoms with Gasteiger partial charge in [0.15, 0.2) is 5.82 Å². The molecule has 1 heterocycles.